The number of fused-ring (bicyclic) bond motifs is 3. The highest BCUT2D eigenvalue weighted by molar-refractivity contribution is 6.30. The number of phenols is 1. The summed E-state index contributed by atoms with van der Waals surface area (Å²) >= 11 is 6.21. The van der Waals surface area contributed by atoms with Crippen molar-refractivity contribution in [2.24, 2.45) is 11.8 Å². The molecule has 3 aliphatic rings. The largest absolute Gasteiger partial charge is 0.508 e. The fourth-order valence-corrected chi connectivity index (χ4v) is 8.28. The van der Waals surface area contributed by atoms with Crippen molar-refractivity contribution in [2.75, 3.05) is 11.9 Å². The van der Waals surface area contributed by atoms with Gasteiger partial charge >= 0.3 is 5.97 Å². The van der Waals surface area contributed by atoms with E-state index in [1.807, 2.05) is 30.5 Å². The first-order chi connectivity index (χ1) is 20.2. The molecule has 222 valence electrons. The van der Waals surface area contributed by atoms with Gasteiger partial charge in [-0.2, -0.15) is 0 Å². The van der Waals surface area contributed by atoms with Gasteiger partial charge in [0.15, 0.2) is 0 Å². The number of carboxylic acid groups (broad SMARTS) is 1. The number of ether oxygens (including phenoxy) is 1. The first kappa shape index (κ1) is 28.9. The highest BCUT2D eigenvalue weighted by Crippen LogP contribution is 2.56. The maximum absolute atomic E-state index is 12.7. The van der Waals surface area contributed by atoms with E-state index < -0.39 is 11.5 Å². The summed E-state index contributed by atoms with van der Waals surface area (Å²) in [6, 6.07) is 15.1. The minimum Gasteiger partial charge on any atom is -0.508 e. The van der Waals surface area contributed by atoms with E-state index in [-0.39, 0.29) is 11.2 Å². The average Bonchev–Trinajstić information content (AvgIpc) is 3.24. The predicted octanol–water partition coefficient (Wildman–Crippen LogP) is 7.91. The normalized spacial score (nSPS) is 27.2. The zero-order valence-electron chi connectivity index (χ0n) is 24.5. The molecular weight excluding hydrogens is 548 g/mol. The molecule has 1 unspecified atom stereocenters. The molecule has 6 nitrogen and oxygen atoms in total. The van der Waals surface area contributed by atoms with E-state index in [1.54, 1.807) is 18.2 Å². The predicted molar refractivity (Wildman–Crippen MR) is 166 cm³/mol. The molecule has 42 heavy (non-hydrogen) atoms. The monoisotopic (exact) mass is 588 g/mol. The summed E-state index contributed by atoms with van der Waals surface area (Å²) < 4.78 is 6.48. The zero-order chi connectivity index (χ0) is 29.5. The molecule has 0 bridgehead atoms. The number of pyridine rings is 1. The molecule has 0 radical (unpaired) electrons. The Morgan fingerprint density at radius 1 is 1.17 bits per heavy atom. The van der Waals surface area contributed by atoms with E-state index in [0.717, 1.165) is 43.5 Å². The summed E-state index contributed by atoms with van der Waals surface area (Å²) in [6.45, 7) is 5.16. The number of hydrogen-bond acceptors (Lipinski definition) is 5. The zero-order valence-corrected chi connectivity index (χ0v) is 25.3. The maximum atomic E-state index is 12.7. The summed E-state index contributed by atoms with van der Waals surface area (Å²) in [6.07, 6.45) is 9.60. The molecule has 1 fully saturated rings. The second-order valence-corrected chi connectivity index (χ2v) is 13.5. The highest BCUT2D eigenvalue weighted by Gasteiger charge is 2.54. The van der Waals surface area contributed by atoms with Gasteiger partial charge in [0.2, 0.25) is 0 Å². The Morgan fingerprint density at radius 3 is 2.74 bits per heavy atom. The molecule has 3 atom stereocenters. The van der Waals surface area contributed by atoms with Crippen molar-refractivity contribution in [1.82, 2.24) is 4.98 Å². The van der Waals surface area contributed by atoms with E-state index >= 15 is 0 Å². The third-order valence-electron chi connectivity index (χ3n) is 10.3. The fourth-order valence-electron chi connectivity index (χ4n) is 8.09. The van der Waals surface area contributed by atoms with Crippen molar-refractivity contribution in [3.05, 3.63) is 82.1 Å². The molecule has 0 aliphatic heterocycles. The van der Waals surface area contributed by atoms with Crippen LogP contribution in [0.15, 0.2) is 54.7 Å². The average molecular weight is 589 g/mol. The minimum absolute atomic E-state index is 0.179. The van der Waals surface area contributed by atoms with Crippen LogP contribution in [0.4, 0.5) is 5.69 Å². The van der Waals surface area contributed by atoms with Crippen LogP contribution < -0.4 is 10.1 Å². The van der Waals surface area contributed by atoms with E-state index in [9.17, 15) is 15.0 Å². The minimum atomic E-state index is -1.06. The molecule has 1 heterocycles. The number of aryl methyl sites for hydroxylation is 1. The second kappa shape index (κ2) is 11.4. The van der Waals surface area contributed by atoms with Gasteiger partial charge in [-0.05, 0) is 128 Å². The number of phenolic OH excluding ortho intramolecular Hbond substituents is 1. The Morgan fingerprint density at radius 2 is 1.98 bits per heavy atom. The number of anilines is 1. The second-order valence-electron chi connectivity index (χ2n) is 13.0. The standard InChI is InChI=1S/C35H41ClN2O4/c1-22(21-42-31-11-16-37-30-8-3-5-23(2)32(30)31)17-25-18-24-9-10-28(39)20-29(24)34(25)12-14-35(15-13-34,33(40)41)38-27-7-4-6-26(36)19-27/h4,6-7,9-11,16,19-20,22-23,25,38-39H,3,5,8,12-15,17-18,21H2,1-2H3,(H,40,41)/t22-,23+,25?,34?,35?/m1/s1. The number of nitrogens with one attached hydrogen (secondary N) is 1. The molecule has 3 N–H and O–H groups in total. The third-order valence-corrected chi connectivity index (χ3v) is 10.5. The number of hydrogen-bond donors (Lipinski definition) is 3. The lowest BCUT2D eigenvalue weighted by atomic mass is 9.59. The van der Waals surface area contributed by atoms with Crippen LogP contribution in [-0.4, -0.2) is 33.3 Å². The van der Waals surface area contributed by atoms with Crippen molar-refractivity contribution in [1.29, 1.82) is 0 Å². The molecule has 2 aromatic carbocycles. The molecular formula is C35H41ClN2O4. The molecule has 0 amide bonds. The fraction of sp³-hybridized carbons (Fsp3) is 0.486. The van der Waals surface area contributed by atoms with Crippen molar-refractivity contribution >= 4 is 23.3 Å². The number of carboxylic acids is 1. The van der Waals surface area contributed by atoms with Crippen LogP contribution in [0.2, 0.25) is 5.02 Å². The Balaban J connectivity index is 1.21. The van der Waals surface area contributed by atoms with Crippen LogP contribution in [0.25, 0.3) is 0 Å². The van der Waals surface area contributed by atoms with Gasteiger partial charge in [-0.15, -0.1) is 0 Å². The SMILES string of the molecule is C[C@@H](COc1ccnc2c1[C@@H](C)CCC2)CC1Cc2ccc(O)cc2C12CCC(Nc1cccc(Cl)c1)(C(=O)O)CC2. The number of nitrogens with zero attached hydrogens (tertiary/aromatic N) is 1. The number of aliphatic carboxylic acids is 1. The summed E-state index contributed by atoms with van der Waals surface area (Å²) in [5.74, 6) is 1.53. The van der Waals surface area contributed by atoms with E-state index in [4.69, 9.17) is 16.3 Å². The van der Waals surface area contributed by atoms with Gasteiger partial charge in [-0.25, -0.2) is 4.79 Å². The van der Waals surface area contributed by atoms with Gasteiger partial charge in [-0.3, -0.25) is 4.98 Å². The number of aromatic hydroxyl groups is 1. The molecule has 3 aliphatic carbocycles. The van der Waals surface area contributed by atoms with E-state index in [2.05, 4.69) is 30.2 Å². The lowest BCUT2D eigenvalue weighted by molar-refractivity contribution is -0.144. The van der Waals surface area contributed by atoms with Crippen LogP contribution in [0.5, 0.6) is 11.5 Å². The quantitative estimate of drug-likeness (QED) is 0.248. The maximum Gasteiger partial charge on any atom is 0.329 e. The highest BCUT2D eigenvalue weighted by atomic mass is 35.5. The Hall–Kier alpha value is -3.25. The van der Waals surface area contributed by atoms with Crippen LogP contribution in [0.3, 0.4) is 0 Å². The van der Waals surface area contributed by atoms with E-state index in [1.165, 1.54) is 35.2 Å². The summed E-state index contributed by atoms with van der Waals surface area (Å²) in [5, 5.41) is 24.8. The molecule has 1 saturated carbocycles. The number of rotatable bonds is 8. The van der Waals surface area contributed by atoms with Crippen molar-refractivity contribution in [3.63, 3.8) is 0 Å². The van der Waals surface area contributed by atoms with Gasteiger partial charge in [0.25, 0.3) is 0 Å². The van der Waals surface area contributed by atoms with Crippen LogP contribution in [-0.2, 0) is 23.1 Å². The Kier molecular flexibility index (Phi) is 7.86. The first-order valence-corrected chi connectivity index (χ1v) is 15.8. The topological polar surface area (TPSA) is 91.7 Å². The van der Waals surface area contributed by atoms with E-state index in [0.29, 0.717) is 42.2 Å². The smallest absolute Gasteiger partial charge is 0.329 e. The van der Waals surface area contributed by atoms with Crippen molar-refractivity contribution in [3.8, 4) is 11.5 Å². The molecule has 6 rings (SSSR count). The number of aromatic nitrogens is 1. The van der Waals surface area contributed by atoms with Crippen molar-refractivity contribution < 1.29 is 19.7 Å². The number of benzene rings is 2. The number of carbonyl (C=O) groups is 1. The van der Waals surface area contributed by atoms with Crippen molar-refractivity contribution in [2.45, 2.75) is 88.5 Å². The van der Waals surface area contributed by atoms with Gasteiger partial charge < -0.3 is 20.3 Å². The molecule has 3 aromatic rings. The van der Waals surface area contributed by atoms with Crippen LogP contribution >= 0.6 is 11.6 Å². The van der Waals surface area contributed by atoms with Gasteiger partial charge in [0.05, 0.1) is 6.61 Å². The van der Waals surface area contributed by atoms with Gasteiger partial charge in [0, 0.05) is 28.2 Å². The summed E-state index contributed by atoms with van der Waals surface area (Å²) in [5.41, 5.74) is 4.40. The molecule has 0 saturated heterocycles. The number of halogens is 1. The summed E-state index contributed by atoms with van der Waals surface area (Å²) in [7, 11) is 0. The summed E-state index contributed by atoms with van der Waals surface area (Å²) in [4.78, 5) is 17.3. The van der Waals surface area contributed by atoms with Crippen LogP contribution in [0.1, 0.15) is 87.1 Å². The third kappa shape index (κ3) is 5.34. The molecule has 1 spiro atoms. The van der Waals surface area contributed by atoms with Gasteiger partial charge in [0.1, 0.15) is 17.0 Å². The molecule has 7 heteroatoms. The van der Waals surface area contributed by atoms with Gasteiger partial charge in [-0.1, -0.05) is 37.6 Å². The lowest BCUT2D eigenvalue weighted by Gasteiger charge is -2.47. The Bertz CT molecular complexity index is 1470. The molecule has 1 aromatic heterocycles. The first-order valence-electron chi connectivity index (χ1n) is 15.4. The lowest BCUT2D eigenvalue weighted by Crippen LogP contribution is -2.53. The Labute approximate surface area is 253 Å². The van der Waals surface area contributed by atoms with Crippen LogP contribution in [0, 0.1) is 11.8 Å².